The van der Waals surface area contributed by atoms with Crippen LogP contribution < -0.4 is 5.32 Å². The van der Waals surface area contributed by atoms with Crippen molar-refractivity contribution in [2.45, 2.75) is 44.2 Å². The number of rotatable bonds is 3. The van der Waals surface area contributed by atoms with Gasteiger partial charge in [-0.1, -0.05) is 0 Å². The Hall–Kier alpha value is -1.30. The second-order valence-corrected chi connectivity index (χ2v) is 5.94. The van der Waals surface area contributed by atoms with Gasteiger partial charge in [0.1, 0.15) is 0 Å². The van der Waals surface area contributed by atoms with E-state index in [0.717, 1.165) is 32.4 Å². The van der Waals surface area contributed by atoms with Crippen LogP contribution in [0.4, 0.5) is 4.79 Å². The summed E-state index contributed by atoms with van der Waals surface area (Å²) in [6, 6.07) is 0.0576. The zero-order valence-corrected chi connectivity index (χ0v) is 11.7. The van der Waals surface area contributed by atoms with Gasteiger partial charge in [0, 0.05) is 25.7 Å². The molecule has 0 aromatic heterocycles. The zero-order valence-electron chi connectivity index (χ0n) is 11.7. The molecular weight excluding hydrogens is 246 g/mol. The molecule has 2 N–H and O–H groups in total. The first-order chi connectivity index (χ1) is 8.92. The lowest BCUT2D eigenvalue weighted by molar-refractivity contribution is -0.139. The smallest absolute Gasteiger partial charge is 0.318 e. The summed E-state index contributed by atoms with van der Waals surface area (Å²) in [5, 5.41) is 11.9. The second kappa shape index (κ2) is 5.36. The number of carbonyl (C=O) groups excluding carboxylic acids is 1. The summed E-state index contributed by atoms with van der Waals surface area (Å²) in [5.74, 6) is -0.841. The van der Waals surface area contributed by atoms with Crippen LogP contribution in [0.2, 0.25) is 0 Å². The minimum atomic E-state index is -0.841. The van der Waals surface area contributed by atoms with Crippen LogP contribution in [0.1, 0.15) is 32.6 Å². The molecule has 2 amide bonds. The lowest BCUT2D eigenvalue weighted by atomic mass is 9.74. The van der Waals surface area contributed by atoms with Gasteiger partial charge in [0.25, 0.3) is 0 Å². The molecule has 6 nitrogen and oxygen atoms in total. The van der Waals surface area contributed by atoms with Gasteiger partial charge < -0.3 is 20.2 Å². The maximum Gasteiger partial charge on any atom is 0.318 e. The van der Waals surface area contributed by atoms with E-state index in [1.54, 1.807) is 0 Å². The number of amides is 2. The van der Waals surface area contributed by atoms with E-state index in [4.69, 9.17) is 5.11 Å². The number of piperazine rings is 1. The first-order valence-corrected chi connectivity index (χ1v) is 6.91. The number of hydrogen-bond donors (Lipinski definition) is 2. The van der Waals surface area contributed by atoms with Crippen LogP contribution in [0.3, 0.4) is 0 Å². The molecule has 1 atom stereocenters. The maximum atomic E-state index is 12.3. The summed E-state index contributed by atoms with van der Waals surface area (Å²) < 4.78 is 0. The van der Waals surface area contributed by atoms with Crippen molar-refractivity contribution in [3.63, 3.8) is 0 Å². The van der Waals surface area contributed by atoms with Gasteiger partial charge in [0.2, 0.25) is 0 Å². The Balaban J connectivity index is 1.94. The Morgan fingerprint density at radius 2 is 2.05 bits per heavy atom. The van der Waals surface area contributed by atoms with Crippen LogP contribution in [-0.2, 0) is 4.79 Å². The van der Waals surface area contributed by atoms with Crippen molar-refractivity contribution in [1.29, 1.82) is 0 Å². The van der Waals surface area contributed by atoms with Crippen LogP contribution >= 0.6 is 0 Å². The van der Waals surface area contributed by atoms with Crippen LogP contribution in [0.25, 0.3) is 0 Å². The lowest BCUT2D eigenvalue weighted by Crippen LogP contribution is -2.62. The molecule has 1 saturated carbocycles. The van der Waals surface area contributed by atoms with Crippen molar-refractivity contribution in [2.75, 3.05) is 26.7 Å². The largest absolute Gasteiger partial charge is 0.481 e. The SMILES string of the molecule is CC1CN(C)CCN1C(=O)NC1(CC(=O)O)CCC1. The third-order valence-corrected chi connectivity index (χ3v) is 4.26. The normalized spacial score (nSPS) is 26.6. The van der Waals surface area contributed by atoms with Crippen LogP contribution in [-0.4, -0.2) is 65.2 Å². The summed E-state index contributed by atoms with van der Waals surface area (Å²) in [5.41, 5.74) is -0.508. The molecule has 0 spiro atoms. The van der Waals surface area contributed by atoms with Crippen molar-refractivity contribution < 1.29 is 14.7 Å². The highest BCUT2D eigenvalue weighted by molar-refractivity contribution is 5.77. The molecule has 2 fully saturated rings. The molecule has 6 heteroatoms. The highest BCUT2D eigenvalue weighted by Gasteiger charge is 2.42. The minimum Gasteiger partial charge on any atom is -0.481 e. The van der Waals surface area contributed by atoms with Crippen LogP contribution in [0, 0.1) is 0 Å². The Labute approximate surface area is 113 Å². The number of carbonyl (C=O) groups is 2. The highest BCUT2D eigenvalue weighted by atomic mass is 16.4. The molecule has 19 heavy (non-hydrogen) atoms. The van der Waals surface area contributed by atoms with Gasteiger partial charge in [-0.05, 0) is 33.2 Å². The monoisotopic (exact) mass is 269 g/mol. The molecule has 2 aliphatic rings. The summed E-state index contributed by atoms with van der Waals surface area (Å²) in [6.07, 6.45) is 2.56. The zero-order chi connectivity index (χ0) is 14.0. The van der Waals surface area contributed by atoms with Crippen molar-refractivity contribution in [3.05, 3.63) is 0 Å². The van der Waals surface area contributed by atoms with E-state index in [1.807, 2.05) is 18.9 Å². The number of nitrogens with zero attached hydrogens (tertiary/aromatic N) is 2. The number of aliphatic carboxylic acids is 1. The lowest BCUT2D eigenvalue weighted by Gasteiger charge is -2.45. The van der Waals surface area contributed by atoms with E-state index >= 15 is 0 Å². The minimum absolute atomic E-state index is 0.0286. The number of urea groups is 1. The van der Waals surface area contributed by atoms with Gasteiger partial charge >= 0.3 is 12.0 Å². The molecule has 108 valence electrons. The topological polar surface area (TPSA) is 72.9 Å². The fraction of sp³-hybridized carbons (Fsp3) is 0.846. The van der Waals surface area contributed by atoms with E-state index in [2.05, 4.69) is 10.2 Å². The fourth-order valence-electron chi connectivity index (χ4n) is 2.98. The van der Waals surface area contributed by atoms with E-state index in [9.17, 15) is 9.59 Å². The number of likely N-dealkylation sites (N-methyl/N-ethyl adjacent to an activating group) is 1. The van der Waals surface area contributed by atoms with Crippen molar-refractivity contribution in [3.8, 4) is 0 Å². The molecule has 0 aromatic rings. The summed E-state index contributed by atoms with van der Waals surface area (Å²) in [6.45, 7) is 4.45. The summed E-state index contributed by atoms with van der Waals surface area (Å²) in [4.78, 5) is 27.2. The van der Waals surface area contributed by atoms with Crippen molar-refractivity contribution >= 4 is 12.0 Å². The Kier molecular flexibility index (Phi) is 3.99. The predicted octanol–water partition coefficient (Wildman–Crippen LogP) is 0.729. The quantitative estimate of drug-likeness (QED) is 0.792. The average Bonchev–Trinajstić information content (AvgIpc) is 2.25. The molecule has 0 radical (unpaired) electrons. The molecule has 2 rings (SSSR count). The number of carboxylic acids is 1. The number of carboxylic acid groups (broad SMARTS) is 1. The second-order valence-electron chi connectivity index (χ2n) is 5.94. The molecule has 1 heterocycles. The van der Waals surface area contributed by atoms with Crippen LogP contribution in [0.5, 0.6) is 0 Å². The van der Waals surface area contributed by atoms with Gasteiger partial charge in [-0.3, -0.25) is 4.79 Å². The van der Waals surface area contributed by atoms with Gasteiger partial charge in [-0.2, -0.15) is 0 Å². The molecule has 1 saturated heterocycles. The van der Waals surface area contributed by atoms with Crippen molar-refractivity contribution in [2.24, 2.45) is 0 Å². The predicted molar refractivity (Wildman–Crippen MR) is 71.0 cm³/mol. The first-order valence-electron chi connectivity index (χ1n) is 6.91. The third kappa shape index (κ3) is 3.18. The molecule has 1 unspecified atom stereocenters. The Morgan fingerprint density at radius 1 is 1.37 bits per heavy atom. The Morgan fingerprint density at radius 3 is 2.53 bits per heavy atom. The first kappa shape index (κ1) is 14.1. The maximum absolute atomic E-state index is 12.3. The van der Waals surface area contributed by atoms with E-state index in [0.29, 0.717) is 6.54 Å². The van der Waals surface area contributed by atoms with E-state index < -0.39 is 11.5 Å². The molecule has 0 aromatic carbocycles. The Bertz CT molecular complexity index is 368. The summed E-state index contributed by atoms with van der Waals surface area (Å²) in [7, 11) is 2.05. The summed E-state index contributed by atoms with van der Waals surface area (Å²) >= 11 is 0. The standard InChI is InChI=1S/C13H23N3O3/c1-10-9-15(2)6-7-16(10)12(19)14-13(4-3-5-13)8-11(17)18/h10H,3-9H2,1-2H3,(H,14,19)(H,17,18). The van der Waals surface area contributed by atoms with Gasteiger partial charge in [-0.15, -0.1) is 0 Å². The van der Waals surface area contributed by atoms with Crippen LogP contribution in [0.15, 0.2) is 0 Å². The third-order valence-electron chi connectivity index (χ3n) is 4.26. The van der Waals surface area contributed by atoms with E-state index in [-0.39, 0.29) is 18.5 Å². The van der Waals surface area contributed by atoms with Gasteiger partial charge in [0.15, 0.2) is 0 Å². The fourth-order valence-corrected chi connectivity index (χ4v) is 2.98. The molecular formula is C13H23N3O3. The highest BCUT2D eigenvalue weighted by Crippen LogP contribution is 2.35. The molecule has 0 bridgehead atoms. The number of hydrogen-bond acceptors (Lipinski definition) is 3. The van der Waals surface area contributed by atoms with Crippen molar-refractivity contribution in [1.82, 2.24) is 15.1 Å². The number of nitrogens with one attached hydrogen (secondary N) is 1. The average molecular weight is 269 g/mol. The van der Waals surface area contributed by atoms with Gasteiger partial charge in [0.05, 0.1) is 12.0 Å². The van der Waals surface area contributed by atoms with Gasteiger partial charge in [-0.25, -0.2) is 4.79 Å². The molecule has 1 aliphatic carbocycles. The molecule has 1 aliphatic heterocycles. The van der Waals surface area contributed by atoms with E-state index in [1.165, 1.54) is 0 Å².